The second kappa shape index (κ2) is 6.71. The standard InChI is InChI=1S/C22H17F2N3O/c23-15-6-4-14(5-7-15)19-13-18-21(25-17-10-8-16(24)9-11-17)27-12-2-1-3-20(27)26-22(18)28-19/h4-11,13H,1-3,12H2/b25-21+. The van der Waals surface area contributed by atoms with Crippen molar-refractivity contribution in [2.45, 2.75) is 25.8 Å². The first-order chi connectivity index (χ1) is 13.7. The van der Waals surface area contributed by atoms with Crippen molar-refractivity contribution < 1.29 is 13.2 Å². The molecule has 2 aromatic heterocycles. The predicted molar refractivity (Wildman–Crippen MR) is 102 cm³/mol. The lowest BCUT2D eigenvalue weighted by molar-refractivity contribution is 0.490. The van der Waals surface area contributed by atoms with Crippen molar-refractivity contribution in [3.8, 4) is 11.3 Å². The number of hydrogen-bond acceptors (Lipinski definition) is 3. The van der Waals surface area contributed by atoms with Crippen LogP contribution in [0.5, 0.6) is 0 Å². The third-order valence-corrected chi connectivity index (χ3v) is 4.97. The largest absolute Gasteiger partial charge is 0.438 e. The Morgan fingerprint density at radius 1 is 0.929 bits per heavy atom. The van der Waals surface area contributed by atoms with Crippen molar-refractivity contribution in [1.82, 2.24) is 9.55 Å². The molecule has 0 saturated heterocycles. The Hall–Kier alpha value is -3.28. The van der Waals surface area contributed by atoms with E-state index in [2.05, 4.69) is 4.57 Å². The molecule has 1 aliphatic rings. The van der Waals surface area contributed by atoms with Crippen LogP contribution in [-0.4, -0.2) is 9.55 Å². The van der Waals surface area contributed by atoms with E-state index in [0.717, 1.165) is 48.1 Å². The molecular formula is C22H17F2N3O. The molecule has 4 aromatic rings. The number of furan rings is 1. The number of nitrogens with zero attached hydrogens (tertiary/aromatic N) is 3. The van der Waals surface area contributed by atoms with Gasteiger partial charge in [-0.25, -0.2) is 13.8 Å². The number of hydrogen-bond donors (Lipinski definition) is 0. The van der Waals surface area contributed by atoms with Crippen LogP contribution in [-0.2, 0) is 13.0 Å². The summed E-state index contributed by atoms with van der Waals surface area (Å²) < 4.78 is 34.6. The van der Waals surface area contributed by atoms with E-state index in [-0.39, 0.29) is 11.6 Å². The fraction of sp³-hybridized carbons (Fsp3) is 0.182. The van der Waals surface area contributed by atoms with Crippen molar-refractivity contribution in [3.63, 3.8) is 0 Å². The predicted octanol–water partition coefficient (Wildman–Crippen LogP) is 5.14. The van der Waals surface area contributed by atoms with Gasteiger partial charge in [-0.2, -0.15) is 4.98 Å². The molecule has 0 saturated carbocycles. The average Bonchev–Trinajstić information content (AvgIpc) is 3.14. The highest BCUT2D eigenvalue weighted by molar-refractivity contribution is 5.79. The van der Waals surface area contributed by atoms with Crippen LogP contribution in [0.1, 0.15) is 18.7 Å². The molecule has 2 aromatic carbocycles. The molecule has 6 heteroatoms. The van der Waals surface area contributed by atoms with E-state index in [1.807, 2.05) is 6.07 Å². The third kappa shape index (κ3) is 3.01. The molecule has 3 heterocycles. The summed E-state index contributed by atoms with van der Waals surface area (Å²) >= 11 is 0. The van der Waals surface area contributed by atoms with E-state index in [1.165, 1.54) is 24.3 Å². The number of aryl methyl sites for hydroxylation is 1. The molecule has 4 nitrogen and oxygen atoms in total. The molecule has 28 heavy (non-hydrogen) atoms. The van der Waals surface area contributed by atoms with Crippen molar-refractivity contribution in [1.29, 1.82) is 0 Å². The molecule has 0 aliphatic carbocycles. The smallest absolute Gasteiger partial charge is 0.232 e. The van der Waals surface area contributed by atoms with Gasteiger partial charge in [0.25, 0.3) is 0 Å². The molecule has 0 radical (unpaired) electrons. The Bertz CT molecular complexity index is 1220. The number of aromatic nitrogens is 2. The highest BCUT2D eigenvalue weighted by atomic mass is 19.1. The van der Waals surface area contributed by atoms with Gasteiger partial charge in [0.15, 0.2) is 0 Å². The van der Waals surface area contributed by atoms with Crippen molar-refractivity contribution in [2.75, 3.05) is 0 Å². The van der Waals surface area contributed by atoms with Gasteiger partial charge in [0, 0.05) is 18.5 Å². The Morgan fingerprint density at radius 3 is 2.39 bits per heavy atom. The minimum Gasteiger partial charge on any atom is -0.438 e. The molecule has 5 rings (SSSR count). The topological polar surface area (TPSA) is 43.3 Å². The highest BCUT2D eigenvalue weighted by Crippen LogP contribution is 2.27. The fourth-order valence-electron chi connectivity index (χ4n) is 3.56. The summed E-state index contributed by atoms with van der Waals surface area (Å²) in [6.45, 7) is 0.829. The van der Waals surface area contributed by atoms with E-state index in [1.54, 1.807) is 24.3 Å². The maximum Gasteiger partial charge on any atom is 0.232 e. The molecule has 0 fully saturated rings. The molecule has 0 unspecified atom stereocenters. The maximum absolute atomic E-state index is 13.3. The molecular weight excluding hydrogens is 360 g/mol. The summed E-state index contributed by atoms with van der Waals surface area (Å²) in [7, 11) is 0. The van der Waals surface area contributed by atoms with Crippen molar-refractivity contribution in [2.24, 2.45) is 4.99 Å². The van der Waals surface area contributed by atoms with Gasteiger partial charge in [0.05, 0.1) is 11.1 Å². The van der Waals surface area contributed by atoms with Gasteiger partial charge in [-0.3, -0.25) is 0 Å². The minimum atomic E-state index is -0.296. The Kier molecular flexibility index (Phi) is 4.04. The van der Waals surface area contributed by atoms with Crippen LogP contribution in [0.4, 0.5) is 14.5 Å². The van der Waals surface area contributed by atoms with Crippen LogP contribution >= 0.6 is 0 Å². The molecule has 0 amide bonds. The van der Waals surface area contributed by atoms with Crippen LogP contribution in [0.3, 0.4) is 0 Å². The van der Waals surface area contributed by atoms with E-state index < -0.39 is 0 Å². The van der Waals surface area contributed by atoms with Gasteiger partial charge in [-0.05, 0) is 67.4 Å². The van der Waals surface area contributed by atoms with Crippen molar-refractivity contribution in [3.05, 3.63) is 77.5 Å². The summed E-state index contributed by atoms with van der Waals surface area (Å²) in [6.07, 6.45) is 2.98. The van der Waals surface area contributed by atoms with Gasteiger partial charge in [-0.1, -0.05) is 0 Å². The van der Waals surface area contributed by atoms with Crippen LogP contribution in [0.25, 0.3) is 22.4 Å². The van der Waals surface area contributed by atoms with E-state index >= 15 is 0 Å². The van der Waals surface area contributed by atoms with Gasteiger partial charge >= 0.3 is 0 Å². The SMILES string of the molecule is Fc1ccc(/N=c2\c3cc(-c4ccc(F)cc4)oc3nc3n2CCCC3)cc1. The van der Waals surface area contributed by atoms with Gasteiger partial charge in [0.2, 0.25) is 5.71 Å². The number of benzene rings is 2. The maximum atomic E-state index is 13.3. The zero-order valence-corrected chi connectivity index (χ0v) is 15.0. The Balaban J connectivity index is 1.76. The lowest BCUT2D eigenvalue weighted by Gasteiger charge is -2.18. The van der Waals surface area contributed by atoms with E-state index in [9.17, 15) is 8.78 Å². The summed E-state index contributed by atoms with van der Waals surface area (Å²) in [6, 6.07) is 14.1. The number of halogens is 2. The van der Waals surface area contributed by atoms with Crippen LogP contribution in [0.2, 0.25) is 0 Å². The summed E-state index contributed by atoms with van der Waals surface area (Å²) in [4.78, 5) is 9.48. The third-order valence-electron chi connectivity index (χ3n) is 4.97. The van der Waals surface area contributed by atoms with E-state index in [4.69, 9.17) is 14.4 Å². The van der Waals surface area contributed by atoms with Crippen molar-refractivity contribution >= 4 is 16.8 Å². The first-order valence-corrected chi connectivity index (χ1v) is 9.27. The molecule has 0 atom stereocenters. The normalized spacial score (nSPS) is 14.4. The fourth-order valence-corrected chi connectivity index (χ4v) is 3.56. The van der Waals surface area contributed by atoms with Crippen LogP contribution in [0.15, 0.2) is 64.0 Å². The highest BCUT2D eigenvalue weighted by Gasteiger charge is 2.17. The number of fused-ring (bicyclic) bond motifs is 2. The summed E-state index contributed by atoms with van der Waals surface area (Å²) in [5.74, 6) is 0.951. The molecule has 1 aliphatic heterocycles. The van der Waals surface area contributed by atoms with Crippen LogP contribution < -0.4 is 5.49 Å². The second-order valence-corrected chi connectivity index (χ2v) is 6.88. The molecule has 140 valence electrons. The summed E-state index contributed by atoms with van der Waals surface area (Å²) in [5, 5.41) is 0.786. The first-order valence-electron chi connectivity index (χ1n) is 9.27. The lowest BCUT2D eigenvalue weighted by Crippen LogP contribution is -2.28. The van der Waals surface area contributed by atoms with Gasteiger partial charge in [0.1, 0.15) is 28.7 Å². The van der Waals surface area contributed by atoms with Crippen LogP contribution in [0, 0.1) is 11.6 Å². The monoisotopic (exact) mass is 377 g/mol. The van der Waals surface area contributed by atoms with Gasteiger partial charge < -0.3 is 8.98 Å². The van der Waals surface area contributed by atoms with Gasteiger partial charge in [-0.15, -0.1) is 0 Å². The zero-order chi connectivity index (χ0) is 19.1. The Morgan fingerprint density at radius 2 is 1.64 bits per heavy atom. The first kappa shape index (κ1) is 16.9. The second-order valence-electron chi connectivity index (χ2n) is 6.88. The summed E-state index contributed by atoms with van der Waals surface area (Å²) in [5.41, 5.74) is 2.70. The lowest BCUT2D eigenvalue weighted by atomic mass is 10.1. The minimum absolute atomic E-state index is 0.295. The zero-order valence-electron chi connectivity index (χ0n) is 15.0. The molecule has 0 bridgehead atoms. The quantitative estimate of drug-likeness (QED) is 0.485. The number of rotatable bonds is 2. The average molecular weight is 377 g/mol. The Labute approximate surface area is 159 Å². The molecule has 0 spiro atoms. The molecule has 0 N–H and O–H groups in total. The van der Waals surface area contributed by atoms with E-state index in [0.29, 0.717) is 17.2 Å².